The smallest absolute Gasteiger partial charge is 1.00 e. The van der Waals surface area contributed by atoms with Crippen LogP contribution in [0.5, 0.6) is 11.5 Å². The van der Waals surface area contributed by atoms with Crippen molar-refractivity contribution < 1.29 is 165 Å². The van der Waals surface area contributed by atoms with E-state index in [1.807, 2.05) is 0 Å². The quantitative estimate of drug-likeness (QED) is 0.0430. The number of likely N-dealkylation sites (tertiary alicyclic amines) is 1. The Hall–Kier alpha value is -0.917. The molecule has 2 atom stereocenters. The normalized spacial score (nSPS) is 16.0. The number of Topliss-reactive ketones (excluding diaryl/α,β-unsaturated/α-hetero) is 2. The minimum atomic E-state index is -4.35. The van der Waals surface area contributed by atoms with Crippen molar-refractivity contribution >= 4 is 57.2 Å². The first kappa shape index (κ1) is 60.1. The molecule has 2 saturated heterocycles. The maximum absolute atomic E-state index is 12.6. The molecule has 2 aliphatic rings. The number of ether oxygens (including phenoxy) is 2. The number of nitrogens with one attached hydrogen (secondary N) is 1. The second-order valence-corrected chi connectivity index (χ2v) is 15.2. The van der Waals surface area contributed by atoms with Gasteiger partial charge in [-0.3, -0.25) is 19.3 Å². The molecule has 2 aliphatic heterocycles. The van der Waals surface area contributed by atoms with E-state index in [0.29, 0.717) is 63.7 Å². The van der Waals surface area contributed by atoms with Crippen LogP contribution < -0.4 is 123 Å². The van der Waals surface area contributed by atoms with E-state index >= 15 is 0 Å². The predicted octanol–water partition coefficient (Wildman–Crippen LogP) is 3.89. The Labute approximate surface area is 467 Å². The van der Waals surface area contributed by atoms with E-state index < -0.39 is 23.5 Å². The van der Waals surface area contributed by atoms with Gasteiger partial charge in [-0.1, -0.05) is 39.1 Å². The molecule has 63 heavy (non-hydrogen) atoms. The third kappa shape index (κ3) is 24.1. The van der Waals surface area contributed by atoms with Gasteiger partial charge in [-0.15, -0.1) is 0 Å². The summed E-state index contributed by atoms with van der Waals surface area (Å²) in [5.74, 6) is 1.70. The molecule has 2 unspecified atom stereocenters. The van der Waals surface area contributed by atoms with E-state index in [1.165, 1.54) is 24.3 Å². The van der Waals surface area contributed by atoms with Crippen LogP contribution in [-0.2, 0) is 22.0 Å². The number of rotatable bonds is 12. The van der Waals surface area contributed by atoms with Gasteiger partial charge in [0, 0.05) is 46.1 Å². The maximum Gasteiger partial charge on any atom is 1.00 e. The number of carbonyl (C=O) groups excluding carboxylic acids is 3. The predicted molar refractivity (Wildman–Crippen MR) is 222 cm³/mol. The summed E-state index contributed by atoms with van der Waals surface area (Å²) in [6, 6.07) is 23.3. The Morgan fingerprint density at radius 1 is 0.730 bits per heavy atom. The third-order valence-electron chi connectivity index (χ3n) is 9.20. The molecule has 9 nitrogen and oxygen atoms in total. The van der Waals surface area contributed by atoms with Gasteiger partial charge in [0.05, 0.1) is 36.2 Å². The Morgan fingerprint density at radius 2 is 1.16 bits per heavy atom. The second-order valence-electron chi connectivity index (χ2n) is 13.8. The van der Waals surface area contributed by atoms with Gasteiger partial charge in [0.25, 0.3) is 6.47 Å². The number of hydrogen-bond donors (Lipinski definition) is 1. The number of carbonyl (C=O) groups is 3. The molecule has 2 fully saturated rings. The Bertz CT molecular complexity index is 1920. The Kier molecular flexibility index (Phi) is 30.5. The molecule has 334 valence electrons. The van der Waals surface area contributed by atoms with Crippen molar-refractivity contribution in [1.29, 1.82) is 0 Å². The summed E-state index contributed by atoms with van der Waals surface area (Å²) in [5, 5.41) is 13.3. The largest absolute Gasteiger partial charge is 1.00 e. The van der Waals surface area contributed by atoms with Crippen LogP contribution in [0, 0.1) is 11.8 Å². The molecular weight excluding hydrogens is 999 g/mol. The number of ketones is 2. The SMILES string of the molecule is FC(F)(F)c1ccc(OCC2CCCNC2)cc1.O=C(CBr)c1ccc(Cl)cc1.O=C(CN1CCCC(COc2ccc(C(F)(F)F)cc2)C1)c1ccc(Cl)cc1.O=CO[O-].[H-].[K+].[K+]. The van der Waals surface area contributed by atoms with Gasteiger partial charge in [0.15, 0.2) is 11.6 Å². The zero-order valence-corrected chi connectivity index (χ0v) is 44.0. The fourth-order valence-corrected chi connectivity index (χ4v) is 6.62. The molecule has 0 bridgehead atoms. The second kappa shape index (κ2) is 31.9. The molecular formula is C43H45BrCl2F6K2N2O7. The van der Waals surface area contributed by atoms with Gasteiger partial charge in [0.2, 0.25) is 0 Å². The molecule has 6 rings (SSSR count). The Balaban J connectivity index is 0.000000947. The number of halogens is 9. The first-order valence-corrected chi connectivity index (χ1v) is 20.8. The van der Waals surface area contributed by atoms with Crippen LogP contribution in [-0.4, -0.2) is 74.2 Å². The minimum absolute atomic E-state index is 0. The first-order chi connectivity index (χ1) is 29.0. The number of alkyl halides is 7. The van der Waals surface area contributed by atoms with Crippen LogP contribution in [0.1, 0.15) is 59.0 Å². The molecule has 4 aromatic carbocycles. The van der Waals surface area contributed by atoms with Crippen molar-refractivity contribution in [3.05, 3.63) is 129 Å². The summed E-state index contributed by atoms with van der Waals surface area (Å²) >= 11 is 14.6. The summed E-state index contributed by atoms with van der Waals surface area (Å²) < 4.78 is 86.0. The number of hydrogen-bond acceptors (Lipinski definition) is 9. The van der Waals surface area contributed by atoms with E-state index in [-0.39, 0.29) is 128 Å². The number of nitrogens with zero attached hydrogens (tertiary/aromatic N) is 1. The van der Waals surface area contributed by atoms with Gasteiger partial charge in [0.1, 0.15) is 11.5 Å². The molecule has 20 heteroatoms. The van der Waals surface area contributed by atoms with Gasteiger partial charge >= 0.3 is 115 Å². The average Bonchev–Trinajstić information content (AvgIpc) is 3.26. The summed E-state index contributed by atoms with van der Waals surface area (Å²) in [7, 11) is 0. The molecule has 2 heterocycles. The molecule has 1 N–H and O–H groups in total. The zero-order chi connectivity index (χ0) is 44.8. The van der Waals surface area contributed by atoms with Crippen molar-refractivity contribution in [2.75, 3.05) is 51.3 Å². The molecule has 0 amide bonds. The van der Waals surface area contributed by atoms with Crippen molar-refractivity contribution in [2.24, 2.45) is 11.8 Å². The fraction of sp³-hybridized carbons (Fsp3) is 0.372. The van der Waals surface area contributed by atoms with Crippen molar-refractivity contribution in [3.8, 4) is 11.5 Å². The molecule has 0 aliphatic carbocycles. The van der Waals surface area contributed by atoms with Crippen LogP contribution in [0.15, 0.2) is 97.1 Å². The average molecular weight is 1040 g/mol. The van der Waals surface area contributed by atoms with Crippen molar-refractivity contribution in [1.82, 2.24) is 10.2 Å². The summed E-state index contributed by atoms with van der Waals surface area (Å²) in [6.07, 6.45) is -4.49. The van der Waals surface area contributed by atoms with Crippen molar-refractivity contribution in [2.45, 2.75) is 38.0 Å². The van der Waals surface area contributed by atoms with Gasteiger partial charge < -0.3 is 26.4 Å². The topological polar surface area (TPSA) is 117 Å². The number of piperidine rings is 2. The first-order valence-electron chi connectivity index (χ1n) is 18.9. The molecule has 0 radical (unpaired) electrons. The van der Waals surface area contributed by atoms with Crippen LogP contribution in [0.2, 0.25) is 10.0 Å². The van der Waals surface area contributed by atoms with Crippen LogP contribution in [0.3, 0.4) is 0 Å². The fourth-order valence-electron chi connectivity index (χ4n) is 6.05. The third-order valence-corrected chi connectivity index (χ3v) is 10.2. The van der Waals surface area contributed by atoms with Gasteiger partial charge in [-0.25, -0.2) is 0 Å². The van der Waals surface area contributed by atoms with Crippen LogP contribution >= 0.6 is 39.1 Å². The van der Waals surface area contributed by atoms with Crippen LogP contribution in [0.25, 0.3) is 0 Å². The van der Waals surface area contributed by atoms with Crippen LogP contribution in [0.4, 0.5) is 26.3 Å². The monoisotopic (exact) mass is 1040 g/mol. The maximum atomic E-state index is 12.6. The molecule has 0 aromatic heterocycles. The standard InChI is InChI=1S/C21H21ClF3NO2.C13H16F3NO.C8H6BrClO.CH2O3.2K.H/c22-18-7-3-16(4-8-18)20(27)13-26-11-1-2-15(12-26)14-28-19-9-5-17(6-10-19)21(23,24)25;14-13(15,16)11-3-5-12(6-4-11)18-9-10-2-1-7-17-8-10;9-5-8(11)6-1-3-7(10)4-2-6;2-1-4-3;;;/h3-10,15H,1-2,11-14H2;3-6,10,17H,1-2,7-9H2;1-4H,5H2;1,3H;;;/q;;;;2*+1;-1/p-1. The molecule has 4 aromatic rings. The van der Waals surface area contributed by atoms with Gasteiger partial charge in [-0.2, -0.15) is 26.3 Å². The van der Waals surface area contributed by atoms with Crippen molar-refractivity contribution in [3.63, 3.8) is 0 Å². The molecule has 0 spiro atoms. The van der Waals surface area contributed by atoms with E-state index in [9.17, 15) is 35.9 Å². The van der Waals surface area contributed by atoms with E-state index in [4.69, 9.17) is 42.7 Å². The Morgan fingerprint density at radius 3 is 1.56 bits per heavy atom. The van der Waals surface area contributed by atoms with E-state index in [2.05, 4.69) is 31.0 Å². The summed E-state index contributed by atoms with van der Waals surface area (Å²) in [5.41, 5.74) is -0.0163. The zero-order valence-electron chi connectivity index (χ0n) is 35.7. The summed E-state index contributed by atoms with van der Waals surface area (Å²) in [4.78, 5) is 36.8. The molecule has 0 saturated carbocycles. The van der Waals surface area contributed by atoms with Gasteiger partial charge in [-0.05, 0) is 136 Å². The van der Waals surface area contributed by atoms with E-state index in [0.717, 1.165) is 76.1 Å². The van der Waals surface area contributed by atoms with E-state index in [1.54, 1.807) is 48.5 Å². The minimum Gasteiger partial charge on any atom is -1.00 e. The number of benzene rings is 4. The summed E-state index contributed by atoms with van der Waals surface area (Å²) in [6.45, 7) is 4.64.